The summed E-state index contributed by atoms with van der Waals surface area (Å²) < 4.78 is 28.9. The number of carbonyl (C=O) groups excluding carboxylic acids is 1. The lowest BCUT2D eigenvalue weighted by Crippen LogP contribution is -2.16. The zero-order chi connectivity index (χ0) is 18.7. The molecule has 0 bridgehead atoms. The van der Waals surface area contributed by atoms with Gasteiger partial charge < -0.3 is 9.88 Å². The molecule has 0 aliphatic heterocycles. The Balaban J connectivity index is 1.74. The number of para-hydroxylation sites is 2. The molecular weight excluding hydrogens is 356 g/mol. The lowest BCUT2D eigenvalue weighted by Gasteiger charge is -2.11. The number of amides is 1. The van der Waals surface area contributed by atoms with Crippen LogP contribution >= 0.6 is 11.8 Å². The van der Waals surface area contributed by atoms with Gasteiger partial charge in [0.25, 0.3) is 0 Å². The van der Waals surface area contributed by atoms with Crippen molar-refractivity contribution < 1.29 is 13.6 Å². The Bertz CT molecular complexity index is 940. The predicted octanol–water partition coefficient (Wildman–Crippen LogP) is 4.70. The molecule has 2 aromatic carbocycles. The van der Waals surface area contributed by atoms with Crippen molar-refractivity contribution in [2.24, 2.45) is 5.92 Å². The molecule has 0 aliphatic carbocycles. The van der Waals surface area contributed by atoms with Crippen molar-refractivity contribution in [3.63, 3.8) is 0 Å². The molecule has 1 N–H and O–H groups in total. The van der Waals surface area contributed by atoms with E-state index in [1.807, 2.05) is 24.3 Å². The summed E-state index contributed by atoms with van der Waals surface area (Å²) in [5.74, 6) is -1.22. The van der Waals surface area contributed by atoms with E-state index in [4.69, 9.17) is 0 Å². The standard InChI is InChI=1S/C19H19F2N3OS/c1-12(2)10-24-17-6-4-3-5-15(17)23-19(24)26-11-18(25)22-16-9-13(20)7-8-14(16)21/h3-9,12H,10-11H2,1-2H3,(H,22,25). The van der Waals surface area contributed by atoms with Crippen LogP contribution in [0.3, 0.4) is 0 Å². The van der Waals surface area contributed by atoms with Gasteiger partial charge in [0.1, 0.15) is 11.6 Å². The molecule has 3 aromatic rings. The van der Waals surface area contributed by atoms with Crippen LogP contribution in [-0.4, -0.2) is 21.2 Å². The molecular formula is C19H19F2N3OS. The molecule has 0 saturated carbocycles. The van der Waals surface area contributed by atoms with Crippen molar-refractivity contribution >= 4 is 34.4 Å². The summed E-state index contributed by atoms with van der Waals surface area (Å²) in [5, 5.41) is 3.13. The third-order valence-corrected chi connectivity index (χ3v) is 4.68. The summed E-state index contributed by atoms with van der Waals surface area (Å²) in [5.41, 5.74) is 1.72. The van der Waals surface area contributed by atoms with Gasteiger partial charge in [-0.3, -0.25) is 4.79 Å². The Morgan fingerprint density at radius 3 is 2.77 bits per heavy atom. The molecule has 0 atom stereocenters. The van der Waals surface area contributed by atoms with Crippen molar-refractivity contribution in [2.75, 3.05) is 11.1 Å². The Hall–Kier alpha value is -2.41. The Morgan fingerprint density at radius 2 is 2.00 bits per heavy atom. The minimum atomic E-state index is -0.670. The molecule has 0 aliphatic rings. The summed E-state index contributed by atoms with van der Waals surface area (Å²) >= 11 is 1.28. The average Bonchev–Trinajstić information content (AvgIpc) is 2.93. The first kappa shape index (κ1) is 18.4. The first-order valence-corrected chi connectivity index (χ1v) is 9.25. The Kier molecular flexibility index (Phi) is 5.56. The third-order valence-electron chi connectivity index (χ3n) is 3.70. The zero-order valence-electron chi connectivity index (χ0n) is 14.5. The molecule has 4 nitrogen and oxygen atoms in total. The summed E-state index contributed by atoms with van der Waals surface area (Å²) in [6, 6.07) is 10.8. The van der Waals surface area contributed by atoms with Gasteiger partial charge in [0.15, 0.2) is 5.16 Å². The van der Waals surface area contributed by atoms with Crippen LogP contribution in [0.5, 0.6) is 0 Å². The number of imidazole rings is 1. The van der Waals surface area contributed by atoms with Gasteiger partial charge in [-0.2, -0.15) is 0 Å². The lowest BCUT2D eigenvalue weighted by molar-refractivity contribution is -0.113. The van der Waals surface area contributed by atoms with Crippen LogP contribution in [0.25, 0.3) is 11.0 Å². The van der Waals surface area contributed by atoms with Gasteiger partial charge in [-0.15, -0.1) is 0 Å². The van der Waals surface area contributed by atoms with Gasteiger partial charge in [0, 0.05) is 12.6 Å². The second-order valence-corrected chi connectivity index (χ2v) is 7.29. The highest BCUT2D eigenvalue weighted by atomic mass is 32.2. The number of nitrogens with one attached hydrogen (secondary N) is 1. The van der Waals surface area contributed by atoms with Crippen LogP contribution in [0.4, 0.5) is 14.5 Å². The van der Waals surface area contributed by atoms with Gasteiger partial charge in [-0.25, -0.2) is 13.8 Å². The highest BCUT2D eigenvalue weighted by molar-refractivity contribution is 7.99. The second-order valence-electron chi connectivity index (χ2n) is 6.35. The van der Waals surface area contributed by atoms with Crippen molar-refractivity contribution in [3.05, 3.63) is 54.1 Å². The number of nitrogens with zero attached hydrogens (tertiary/aromatic N) is 2. The topological polar surface area (TPSA) is 46.9 Å². The monoisotopic (exact) mass is 375 g/mol. The lowest BCUT2D eigenvalue weighted by atomic mass is 10.2. The van der Waals surface area contributed by atoms with Crippen LogP contribution in [0.1, 0.15) is 13.8 Å². The minimum Gasteiger partial charge on any atom is -0.323 e. The molecule has 1 amide bonds. The fraction of sp³-hybridized carbons (Fsp3) is 0.263. The van der Waals surface area contributed by atoms with Crippen LogP contribution in [0.2, 0.25) is 0 Å². The maximum atomic E-state index is 13.6. The van der Waals surface area contributed by atoms with E-state index in [1.54, 1.807) is 0 Å². The van der Waals surface area contributed by atoms with E-state index in [9.17, 15) is 13.6 Å². The fourth-order valence-electron chi connectivity index (χ4n) is 2.61. The average molecular weight is 375 g/mol. The fourth-order valence-corrected chi connectivity index (χ4v) is 3.44. The molecule has 0 spiro atoms. The van der Waals surface area contributed by atoms with E-state index in [0.717, 1.165) is 40.9 Å². The number of hydrogen-bond acceptors (Lipinski definition) is 3. The van der Waals surface area contributed by atoms with Crippen molar-refractivity contribution in [1.29, 1.82) is 0 Å². The number of halogens is 2. The van der Waals surface area contributed by atoms with Gasteiger partial charge >= 0.3 is 0 Å². The molecule has 136 valence electrons. The zero-order valence-corrected chi connectivity index (χ0v) is 15.3. The van der Waals surface area contributed by atoms with Crippen molar-refractivity contribution in [3.8, 4) is 0 Å². The second kappa shape index (κ2) is 7.86. The van der Waals surface area contributed by atoms with Gasteiger partial charge in [0.2, 0.25) is 5.91 Å². The van der Waals surface area contributed by atoms with E-state index < -0.39 is 17.5 Å². The quantitative estimate of drug-likeness (QED) is 0.635. The van der Waals surface area contributed by atoms with Gasteiger partial charge in [-0.05, 0) is 30.2 Å². The molecule has 3 rings (SSSR count). The number of benzene rings is 2. The number of rotatable bonds is 6. The number of thioether (sulfide) groups is 1. The van der Waals surface area contributed by atoms with E-state index in [1.165, 1.54) is 11.8 Å². The van der Waals surface area contributed by atoms with Crippen LogP contribution in [0.15, 0.2) is 47.6 Å². The number of anilines is 1. The molecule has 1 heterocycles. The van der Waals surface area contributed by atoms with Gasteiger partial charge in [-0.1, -0.05) is 37.7 Å². The molecule has 0 saturated heterocycles. The highest BCUT2D eigenvalue weighted by Crippen LogP contribution is 2.25. The van der Waals surface area contributed by atoms with E-state index in [-0.39, 0.29) is 11.4 Å². The van der Waals surface area contributed by atoms with Crippen LogP contribution in [-0.2, 0) is 11.3 Å². The first-order chi connectivity index (χ1) is 12.4. The number of hydrogen-bond donors (Lipinski definition) is 1. The molecule has 26 heavy (non-hydrogen) atoms. The highest BCUT2D eigenvalue weighted by Gasteiger charge is 2.15. The van der Waals surface area contributed by atoms with Crippen molar-refractivity contribution in [2.45, 2.75) is 25.5 Å². The van der Waals surface area contributed by atoms with E-state index >= 15 is 0 Å². The number of aromatic nitrogens is 2. The Morgan fingerprint density at radius 1 is 1.23 bits per heavy atom. The number of fused-ring (bicyclic) bond motifs is 1. The SMILES string of the molecule is CC(C)Cn1c(SCC(=O)Nc2cc(F)ccc2F)nc2ccccc21. The predicted molar refractivity (Wildman–Crippen MR) is 100 cm³/mol. The third kappa shape index (κ3) is 4.22. The molecule has 0 radical (unpaired) electrons. The molecule has 0 fully saturated rings. The molecule has 1 aromatic heterocycles. The smallest absolute Gasteiger partial charge is 0.234 e. The van der Waals surface area contributed by atoms with Crippen molar-refractivity contribution in [1.82, 2.24) is 9.55 Å². The van der Waals surface area contributed by atoms with Crippen LogP contribution in [0, 0.1) is 17.6 Å². The first-order valence-electron chi connectivity index (χ1n) is 8.27. The molecule has 0 unspecified atom stereocenters. The van der Waals surface area contributed by atoms with Gasteiger partial charge in [0.05, 0.1) is 22.5 Å². The maximum absolute atomic E-state index is 13.6. The summed E-state index contributed by atoms with van der Waals surface area (Å²) in [6.45, 7) is 5.01. The largest absolute Gasteiger partial charge is 0.323 e. The Labute approximate surface area is 154 Å². The van der Waals surface area contributed by atoms with E-state index in [0.29, 0.717) is 5.92 Å². The van der Waals surface area contributed by atoms with Crippen LogP contribution < -0.4 is 5.32 Å². The summed E-state index contributed by atoms with van der Waals surface area (Å²) in [7, 11) is 0. The molecule has 7 heteroatoms. The number of carbonyl (C=O) groups is 1. The minimum absolute atomic E-state index is 0.0529. The summed E-state index contributed by atoms with van der Waals surface area (Å²) in [6.07, 6.45) is 0. The summed E-state index contributed by atoms with van der Waals surface area (Å²) in [4.78, 5) is 16.7. The van der Waals surface area contributed by atoms with E-state index in [2.05, 4.69) is 28.7 Å². The normalized spacial score (nSPS) is 11.3. The maximum Gasteiger partial charge on any atom is 0.234 e.